The number of hydrogen-bond donors (Lipinski definition) is 3. The first-order valence-electron chi connectivity index (χ1n) is 9.55. The second-order valence-corrected chi connectivity index (χ2v) is 6.76. The number of carbonyl (C=O) groups excluding carboxylic acids is 2. The summed E-state index contributed by atoms with van der Waals surface area (Å²) in [6.45, 7) is 1.27. The van der Waals surface area contributed by atoms with Gasteiger partial charge in [-0.3, -0.25) is 14.6 Å². The average molecular weight is 396 g/mol. The summed E-state index contributed by atoms with van der Waals surface area (Å²) in [6.07, 6.45) is 0.797. The van der Waals surface area contributed by atoms with Gasteiger partial charge in [0.15, 0.2) is 5.96 Å². The molecule has 2 amide bonds. The molecule has 7 heteroatoms. The molecule has 0 aliphatic heterocycles. The molecule has 0 spiro atoms. The van der Waals surface area contributed by atoms with E-state index in [1.165, 1.54) is 5.56 Å². The lowest BCUT2D eigenvalue weighted by molar-refractivity contribution is -0.119. The second kappa shape index (κ2) is 11.5. The molecule has 0 atom stereocenters. The molecule has 0 unspecified atom stereocenters. The Kier molecular flexibility index (Phi) is 8.69. The van der Waals surface area contributed by atoms with Gasteiger partial charge in [0.05, 0.1) is 6.54 Å². The zero-order chi connectivity index (χ0) is 21.1. The SMILES string of the molecule is CN=C(NCC(=O)NCCc1ccccc1)NCc1ccc(C(=O)N(C)C)cc1. The molecule has 0 aromatic heterocycles. The maximum atomic E-state index is 12.0. The van der Waals surface area contributed by atoms with Crippen molar-refractivity contribution in [3.05, 3.63) is 71.3 Å². The average Bonchev–Trinajstić information content (AvgIpc) is 2.74. The molecule has 3 N–H and O–H groups in total. The first kappa shape index (κ1) is 21.9. The highest BCUT2D eigenvalue weighted by molar-refractivity contribution is 5.93. The molecule has 0 radical (unpaired) electrons. The van der Waals surface area contributed by atoms with E-state index in [0.29, 0.717) is 24.6 Å². The van der Waals surface area contributed by atoms with E-state index in [-0.39, 0.29) is 18.4 Å². The van der Waals surface area contributed by atoms with Gasteiger partial charge in [0.1, 0.15) is 0 Å². The van der Waals surface area contributed by atoms with Crippen molar-refractivity contribution in [2.45, 2.75) is 13.0 Å². The standard InChI is InChI=1S/C22H29N5O2/c1-23-22(25-15-18-9-11-19(12-10-18)21(29)27(2)3)26-16-20(28)24-14-13-17-7-5-4-6-8-17/h4-12H,13-16H2,1-3H3,(H,24,28)(H2,23,25,26). The Balaban J connectivity index is 1.70. The van der Waals surface area contributed by atoms with Crippen LogP contribution in [0.4, 0.5) is 0 Å². The van der Waals surface area contributed by atoms with Crippen molar-refractivity contribution in [1.29, 1.82) is 0 Å². The zero-order valence-electron chi connectivity index (χ0n) is 17.2. The van der Waals surface area contributed by atoms with E-state index in [0.717, 1.165) is 12.0 Å². The number of carbonyl (C=O) groups is 2. The molecule has 0 aliphatic carbocycles. The molecule has 0 saturated heterocycles. The van der Waals surface area contributed by atoms with Gasteiger partial charge in [-0.15, -0.1) is 0 Å². The molecule has 0 saturated carbocycles. The Morgan fingerprint density at radius 2 is 1.59 bits per heavy atom. The zero-order valence-corrected chi connectivity index (χ0v) is 17.2. The Morgan fingerprint density at radius 3 is 2.21 bits per heavy atom. The monoisotopic (exact) mass is 395 g/mol. The third kappa shape index (κ3) is 7.65. The second-order valence-electron chi connectivity index (χ2n) is 6.76. The molecule has 2 aromatic rings. The van der Waals surface area contributed by atoms with Crippen molar-refractivity contribution in [2.24, 2.45) is 4.99 Å². The molecule has 0 fully saturated rings. The fourth-order valence-electron chi connectivity index (χ4n) is 2.65. The van der Waals surface area contributed by atoms with Gasteiger partial charge in [-0.2, -0.15) is 0 Å². The van der Waals surface area contributed by atoms with E-state index in [1.807, 2.05) is 42.5 Å². The van der Waals surface area contributed by atoms with Crippen molar-refractivity contribution < 1.29 is 9.59 Å². The molecule has 0 bridgehead atoms. The van der Waals surface area contributed by atoms with E-state index in [2.05, 4.69) is 20.9 Å². The van der Waals surface area contributed by atoms with Crippen molar-refractivity contribution >= 4 is 17.8 Å². The minimum absolute atomic E-state index is 0.0275. The molecule has 2 rings (SSSR count). The smallest absolute Gasteiger partial charge is 0.253 e. The maximum Gasteiger partial charge on any atom is 0.253 e. The van der Waals surface area contributed by atoms with Crippen LogP contribution < -0.4 is 16.0 Å². The first-order valence-corrected chi connectivity index (χ1v) is 9.55. The van der Waals surface area contributed by atoms with Crippen LogP contribution in [0, 0.1) is 0 Å². The van der Waals surface area contributed by atoms with Crippen molar-refractivity contribution in [2.75, 3.05) is 34.2 Å². The number of hydrogen-bond acceptors (Lipinski definition) is 3. The molecular formula is C22H29N5O2. The van der Waals surface area contributed by atoms with E-state index < -0.39 is 0 Å². The Hall–Kier alpha value is -3.35. The largest absolute Gasteiger partial charge is 0.354 e. The molecule has 2 aromatic carbocycles. The van der Waals surface area contributed by atoms with Crippen LogP contribution in [-0.2, 0) is 17.8 Å². The van der Waals surface area contributed by atoms with Gasteiger partial charge in [0.2, 0.25) is 5.91 Å². The van der Waals surface area contributed by atoms with Gasteiger partial charge in [-0.25, -0.2) is 0 Å². The van der Waals surface area contributed by atoms with Gasteiger partial charge in [0, 0.05) is 39.8 Å². The first-order chi connectivity index (χ1) is 14.0. The number of aliphatic imine (C=N–C) groups is 1. The molecular weight excluding hydrogens is 366 g/mol. The van der Waals surface area contributed by atoms with Crippen LogP contribution in [0.15, 0.2) is 59.6 Å². The lowest BCUT2D eigenvalue weighted by Crippen LogP contribution is -2.43. The molecule has 29 heavy (non-hydrogen) atoms. The van der Waals surface area contributed by atoms with E-state index in [9.17, 15) is 9.59 Å². The summed E-state index contributed by atoms with van der Waals surface area (Å²) in [5.74, 6) is 0.423. The number of nitrogens with one attached hydrogen (secondary N) is 3. The number of nitrogens with zero attached hydrogens (tertiary/aromatic N) is 2. The highest BCUT2D eigenvalue weighted by Gasteiger charge is 2.08. The third-order valence-corrected chi connectivity index (χ3v) is 4.29. The van der Waals surface area contributed by atoms with E-state index in [4.69, 9.17) is 0 Å². The van der Waals surface area contributed by atoms with Crippen LogP contribution >= 0.6 is 0 Å². The van der Waals surface area contributed by atoms with Crippen LogP contribution in [0.25, 0.3) is 0 Å². The van der Waals surface area contributed by atoms with Crippen LogP contribution in [0.2, 0.25) is 0 Å². The summed E-state index contributed by atoms with van der Waals surface area (Å²) >= 11 is 0. The summed E-state index contributed by atoms with van der Waals surface area (Å²) < 4.78 is 0. The van der Waals surface area contributed by atoms with Crippen LogP contribution in [0.1, 0.15) is 21.5 Å². The van der Waals surface area contributed by atoms with Gasteiger partial charge in [-0.1, -0.05) is 42.5 Å². The number of rotatable bonds is 8. The number of benzene rings is 2. The quantitative estimate of drug-likeness (QED) is 0.466. The summed E-state index contributed by atoms with van der Waals surface area (Å²) in [5.41, 5.74) is 2.85. The van der Waals surface area contributed by atoms with Crippen LogP contribution in [0.3, 0.4) is 0 Å². The number of guanidine groups is 1. The molecule has 0 aliphatic rings. The van der Waals surface area contributed by atoms with Gasteiger partial charge >= 0.3 is 0 Å². The minimum atomic E-state index is -0.0876. The highest BCUT2D eigenvalue weighted by atomic mass is 16.2. The third-order valence-electron chi connectivity index (χ3n) is 4.29. The maximum absolute atomic E-state index is 12.0. The molecule has 154 valence electrons. The van der Waals surface area contributed by atoms with Crippen LogP contribution in [0.5, 0.6) is 0 Å². The minimum Gasteiger partial charge on any atom is -0.354 e. The summed E-state index contributed by atoms with van der Waals surface area (Å²) in [7, 11) is 5.11. The van der Waals surface area contributed by atoms with Crippen molar-refractivity contribution in [3.8, 4) is 0 Å². The summed E-state index contributed by atoms with van der Waals surface area (Å²) in [5, 5.41) is 9.05. The predicted octanol–water partition coefficient (Wildman–Crippen LogP) is 1.41. The van der Waals surface area contributed by atoms with Gasteiger partial charge < -0.3 is 20.9 Å². The molecule has 7 nitrogen and oxygen atoms in total. The Morgan fingerprint density at radius 1 is 0.897 bits per heavy atom. The van der Waals surface area contributed by atoms with Crippen LogP contribution in [-0.4, -0.2) is 56.9 Å². The van der Waals surface area contributed by atoms with E-state index in [1.54, 1.807) is 38.2 Å². The van der Waals surface area contributed by atoms with Gasteiger partial charge in [-0.05, 0) is 29.7 Å². The molecule has 0 heterocycles. The van der Waals surface area contributed by atoms with E-state index >= 15 is 0 Å². The summed E-state index contributed by atoms with van der Waals surface area (Å²) in [4.78, 5) is 29.6. The topological polar surface area (TPSA) is 85.8 Å². The fraction of sp³-hybridized carbons (Fsp3) is 0.318. The fourth-order valence-corrected chi connectivity index (χ4v) is 2.65. The van der Waals surface area contributed by atoms with Gasteiger partial charge in [0.25, 0.3) is 5.91 Å². The lowest BCUT2D eigenvalue weighted by Gasteiger charge is -2.13. The summed E-state index contributed by atoms with van der Waals surface area (Å²) in [6, 6.07) is 17.4. The predicted molar refractivity (Wildman–Crippen MR) is 116 cm³/mol. The highest BCUT2D eigenvalue weighted by Crippen LogP contribution is 2.06. The van der Waals surface area contributed by atoms with Crippen molar-refractivity contribution in [3.63, 3.8) is 0 Å². The normalized spacial score (nSPS) is 10.9. The Labute approximate surface area is 172 Å². The Bertz CT molecular complexity index is 817. The van der Waals surface area contributed by atoms with Crippen molar-refractivity contribution in [1.82, 2.24) is 20.9 Å². The lowest BCUT2D eigenvalue weighted by atomic mass is 10.1. The number of amides is 2.